The van der Waals surface area contributed by atoms with E-state index in [2.05, 4.69) is 31.9 Å². The molecule has 0 saturated carbocycles. The molecule has 0 aromatic carbocycles. The maximum absolute atomic E-state index is 11.2. The zero-order valence-electron chi connectivity index (χ0n) is 6.47. The van der Waals surface area contributed by atoms with Gasteiger partial charge in [-0.1, -0.05) is 0 Å². The summed E-state index contributed by atoms with van der Waals surface area (Å²) in [5.74, 6) is -1.79. The predicted molar refractivity (Wildman–Crippen MR) is 53.1 cm³/mol. The van der Waals surface area contributed by atoms with Crippen LogP contribution >= 0.6 is 31.9 Å². The van der Waals surface area contributed by atoms with E-state index in [0.29, 0.717) is 0 Å². The number of carbonyl (C=O) groups is 2. The van der Waals surface area contributed by atoms with Crippen LogP contribution in [0.25, 0.3) is 0 Å². The number of carbonyl (C=O) groups excluding carboxylic acids is 2. The molecule has 1 aliphatic carbocycles. The molecule has 68 valence electrons. The maximum atomic E-state index is 11.2. The van der Waals surface area contributed by atoms with Crippen LogP contribution in [0.1, 0.15) is 0 Å². The van der Waals surface area contributed by atoms with Crippen LogP contribution in [0.5, 0.6) is 0 Å². The third-order valence-electron chi connectivity index (χ3n) is 1.52. The lowest BCUT2D eigenvalue weighted by Gasteiger charge is -2.09. The maximum Gasteiger partial charge on any atom is 0.246 e. The molecule has 6 heteroatoms. The van der Waals surface area contributed by atoms with Crippen LogP contribution in [0.15, 0.2) is 20.1 Å². The SMILES string of the molecule is N#CC1=C(C#N)C(Br)=C(Br)C(=O)C1=O. The van der Waals surface area contributed by atoms with Crippen molar-refractivity contribution in [1.29, 1.82) is 10.5 Å². The zero-order chi connectivity index (χ0) is 10.9. The lowest BCUT2D eigenvalue weighted by molar-refractivity contribution is -0.131. The number of allylic oxidation sites excluding steroid dienone is 4. The van der Waals surface area contributed by atoms with Gasteiger partial charge in [0.2, 0.25) is 11.6 Å². The van der Waals surface area contributed by atoms with Gasteiger partial charge in [-0.15, -0.1) is 0 Å². The number of ketones is 2. The first-order valence-electron chi connectivity index (χ1n) is 3.23. The topological polar surface area (TPSA) is 81.7 Å². The standard InChI is InChI=1S/C8Br2N2O2/c9-5-3(1-11)4(2-12)7(13)8(14)6(5)10. The minimum absolute atomic E-state index is 0.0296. The largest absolute Gasteiger partial charge is 0.284 e. The number of hydrogen-bond donors (Lipinski definition) is 0. The van der Waals surface area contributed by atoms with Gasteiger partial charge in [0.1, 0.15) is 17.7 Å². The Kier molecular flexibility index (Phi) is 3.00. The van der Waals surface area contributed by atoms with Crippen LogP contribution in [0.4, 0.5) is 0 Å². The number of nitriles is 2. The summed E-state index contributed by atoms with van der Waals surface area (Å²) < 4.78 is 0.110. The average molecular weight is 316 g/mol. The highest BCUT2D eigenvalue weighted by Gasteiger charge is 2.33. The molecule has 0 amide bonds. The molecule has 4 nitrogen and oxygen atoms in total. The van der Waals surface area contributed by atoms with Crippen LogP contribution in [0, 0.1) is 22.7 Å². The van der Waals surface area contributed by atoms with E-state index in [1.54, 1.807) is 6.07 Å². The summed E-state index contributed by atoms with van der Waals surface area (Å²) in [5, 5.41) is 17.3. The molecule has 0 fully saturated rings. The summed E-state index contributed by atoms with van der Waals surface area (Å²) >= 11 is 5.82. The van der Waals surface area contributed by atoms with Crippen LogP contribution in [-0.4, -0.2) is 11.6 Å². The van der Waals surface area contributed by atoms with Crippen molar-refractivity contribution < 1.29 is 9.59 Å². The van der Waals surface area contributed by atoms with Crippen LogP contribution in [-0.2, 0) is 9.59 Å². The lowest BCUT2D eigenvalue weighted by atomic mass is 9.97. The smallest absolute Gasteiger partial charge is 0.246 e. The van der Waals surface area contributed by atoms with Crippen molar-refractivity contribution in [1.82, 2.24) is 0 Å². The normalized spacial score (nSPS) is 16.9. The van der Waals surface area contributed by atoms with E-state index in [-0.39, 0.29) is 14.5 Å². The molecule has 1 rings (SSSR count). The van der Waals surface area contributed by atoms with Crippen molar-refractivity contribution in [2.75, 3.05) is 0 Å². The fourth-order valence-corrected chi connectivity index (χ4v) is 1.70. The molecule has 0 heterocycles. The molecule has 0 aromatic heterocycles. The summed E-state index contributed by atoms with van der Waals surface area (Å²) in [4.78, 5) is 22.4. The van der Waals surface area contributed by atoms with Gasteiger partial charge in [0.05, 0.1) is 14.5 Å². The Bertz CT molecular complexity index is 472. The monoisotopic (exact) mass is 314 g/mol. The Balaban J connectivity index is 3.58. The zero-order valence-corrected chi connectivity index (χ0v) is 9.64. The highest BCUT2D eigenvalue weighted by molar-refractivity contribution is 9.14. The van der Waals surface area contributed by atoms with E-state index in [4.69, 9.17) is 10.5 Å². The Morgan fingerprint density at radius 3 is 1.79 bits per heavy atom. The minimum Gasteiger partial charge on any atom is -0.284 e. The highest BCUT2D eigenvalue weighted by atomic mass is 79.9. The number of Topliss-reactive ketones (excluding diaryl/α,β-unsaturated/α-hetero) is 2. The van der Waals surface area contributed by atoms with Crippen molar-refractivity contribution >= 4 is 43.4 Å². The molecule has 0 radical (unpaired) electrons. The van der Waals surface area contributed by atoms with E-state index in [9.17, 15) is 9.59 Å². The van der Waals surface area contributed by atoms with E-state index in [0.717, 1.165) is 0 Å². The van der Waals surface area contributed by atoms with Gasteiger partial charge in [-0.25, -0.2) is 0 Å². The fraction of sp³-hybridized carbons (Fsp3) is 0. The molecule has 0 N–H and O–H groups in total. The summed E-state index contributed by atoms with van der Waals surface area (Å²) in [6.45, 7) is 0. The summed E-state index contributed by atoms with van der Waals surface area (Å²) in [6.07, 6.45) is 0. The molecule has 0 bridgehead atoms. The summed E-state index contributed by atoms with van der Waals surface area (Å²) in [6, 6.07) is 3.22. The van der Waals surface area contributed by atoms with Gasteiger partial charge in [0, 0.05) is 0 Å². The molecule has 0 saturated heterocycles. The van der Waals surface area contributed by atoms with E-state index in [1.165, 1.54) is 6.07 Å². The molecule has 0 atom stereocenters. The highest BCUT2D eigenvalue weighted by Crippen LogP contribution is 2.32. The number of halogens is 2. The van der Waals surface area contributed by atoms with Crippen molar-refractivity contribution in [2.24, 2.45) is 0 Å². The van der Waals surface area contributed by atoms with Gasteiger partial charge in [0.25, 0.3) is 0 Å². The Hall–Kier alpha value is -1.24. The van der Waals surface area contributed by atoms with E-state index in [1.807, 2.05) is 0 Å². The third kappa shape index (κ3) is 1.43. The van der Waals surface area contributed by atoms with Crippen molar-refractivity contribution in [3.8, 4) is 12.1 Å². The van der Waals surface area contributed by atoms with Gasteiger partial charge in [0.15, 0.2) is 0 Å². The Morgan fingerprint density at radius 2 is 1.36 bits per heavy atom. The molecule has 0 aliphatic heterocycles. The van der Waals surface area contributed by atoms with Gasteiger partial charge >= 0.3 is 0 Å². The number of hydrogen-bond acceptors (Lipinski definition) is 4. The van der Waals surface area contributed by atoms with Crippen molar-refractivity contribution in [3.05, 3.63) is 20.1 Å². The van der Waals surface area contributed by atoms with Gasteiger partial charge < -0.3 is 0 Å². The quantitative estimate of drug-likeness (QED) is 0.501. The van der Waals surface area contributed by atoms with Gasteiger partial charge in [-0.2, -0.15) is 10.5 Å². The minimum atomic E-state index is -0.959. The Labute approximate surface area is 95.8 Å². The van der Waals surface area contributed by atoms with Crippen LogP contribution in [0.3, 0.4) is 0 Å². The molecule has 0 spiro atoms. The molecule has 0 unspecified atom stereocenters. The second-order valence-corrected chi connectivity index (χ2v) is 3.85. The van der Waals surface area contributed by atoms with Gasteiger partial charge in [-0.05, 0) is 31.9 Å². The van der Waals surface area contributed by atoms with Crippen molar-refractivity contribution in [2.45, 2.75) is 0 Å². The first-order chi connectivity index (χ1) is 6.54. The molecule has 14 heavy (non-hydrogen) atoms. The molecule has 1 aliphatic rings. The Morgan fingerprint density at radius 1 is 0.857 bits per heavy atom. The second kappa shape index (κ2) is 3.87. The van der Waals surface area contributed by atoms with Gasteiger partial charge in [-0.3, -0.25) is 9.59 Å². The number of nitrogens with zero attached hydrogens (tertiary/aromatic N) is 2. The van der Waals surface area contributed by atoms with Crippen LogP contribution in [0.2, 0.25) is 0 Å². The van der Waals surface area contributed by atoms with Crippen molar-refractivity contribution in [3.63, 3.8) is 0 Å². The first-order valence-corrected chi connectivity index (χ1v) is 4.82. The second-order valence-electron chi connectivity index (χ2n) is 2.26. The van der Waals surface area contributed by atoms with Crippen LogP contribution < -0.4 is 0 Å². The molecular weight excluding hydrogens is 316 g/mol. The number of rotatable bonds is 0. The average Bonchev–Trinajstić information content (AvgIpc) is 2.20. The third-order valence-corrected chi connectivity index (χ3v) is 3.60. The molecule has 0 aromatic rings. The molecular formula is C8Br2N2O2. The van der Waals surface area contributed by atoms with E-state index < -0.39 is 17.1 Å². The summed E-state index contributed by atoms with van der Waals surface area (Å²) in [7, 11) is 0. The van der Waals surface area contributed by atoms with E-state index >= 15 is 0 Å². The first kappa shape index (κ1) is 10.8. The summed E-state index contributed by atoms with van der Waals surface area (Å²) in [5.41, 5.74) is -0.545. The lowest BCUT2D eigenvalue weighted by Crippen LogP contribution is -2.21. The fourth-order valence-electron chi connectivity index (χ4n) is 0.858. The predicted octanol–water partition coefficient (Wildman–Crippen LogP) is 1.48.